The molecule has 1 atom stereocenters. The minimum atomic E-state index is -0.142. The van der Waals surface area contributed by atoms with Gasteiger partial charge < -0.3 is 0 Å². The van der Waals surface area contributed by atoms with Crippen molar-refractivity contribution >= 4 is 11.6 Å². The van der Waals surface area contributed by atoms with Crippen molar-refractivity contribution in [2.24, 2.45) is 0 Å². The maximum atomic E-state index is 12.6. The quantitative estimate of drug-likeness (QED) is 0.421. The first-order valence-electron chi connectivity index (χ1n) is 8.65. The highest BCUT2D eigenvalue weighted by Crippen LogP contribution is 2.23. The zero-order valence-corrected chi connectivity index (χ0v) is 14.4. The van der Waals surface area contributed by atoms with E-state index >= 15 is 0 Å². The molecule has 2 nitrogen and oxygen atoms in total. The van der Waals surface area contributed by atoms with Crippen molar-refractivity contribution in [2.45, 2.75) is 12.3 Å². The summed E-state index contributed by atoms with van der Waals surface area (Å²) in [5.41, 5.74) is 2.36. The van der Waals surface area contributed by atoms with Crippen molar-refractivity contribution in [3.8, 4) is 0 Å². The summed E-state index contributed by atoms with van der Waals surface area (Å²) in [5, 5.41) is 0. The van der Waals surface area contributed by atoms with E-state index in [0.717, 1.165) is 5.56 Å². The molecule has 128 valence electrons. The van der Waals surface area contributed by atoms with Gasteiger partial charge in [0.2, 0.25) is 0 Å². The average Bonchev–Trinajstić information content (AvgIpc) is 2.72. The number of carbonyl (C=O) groups excluding carboxylic acids is 2. The predicted molar refractivity (Wildman–Crippen MR) is 104 cm³/mol. The number of ketones is 2. The van der Waals surface area contributed by atoms with Crippen LogP contribution in [0.1, 0.15) is 38.6 Å². The topological polar surface area (TPSA) is 34.1 Å². The van der Waals surface area contributed by atoms with E-state index in [1.54, 1.807) is 18.2 Å². The normalized spacial score (nSPS) is 12.0. The lowest BCUT2D eigenvalue weighted by atomic mass is 9.90. The van der Waals surface area contributed by atoms with Crippen molar-refractivity contribution in [1.29, 1.82) is 0 Å². The Morgan fingerprint density at radius 2 is 1.19 bits per heavy atom. The lowest BCUT2D eigenvalue weighted by Crippen LogP contribution is -2.06. The van der Waals surface area contributed by atoms with E-state index in [-0.39, 0.29) is 17.5 Å². The van der Waals surface area contributed by atoms with Gasteiger partial charge in [-0.05, 0) is 11.6 Å². The number of rotatable bonds is 7. The third kappa shape index (κ3) is 4.64. The van der Waals surface area contributed by atoms with Crippen LogP contribution in [-0.4, -0.2) is 11.6 Å². The summed E-state index contributed by atoms with van der Waals surface area (Å²) in [4.78, 5) is 25.0. The Labute approximate surface area is 153 Å². The number of carbonyl (C=O) groups is 2. The van der Waals surface area contributed by atoms with Crippen LogP contribution >= 0.6 is 0 Å². The Balaban J connectivity index is 1.81. The van der Waals surface area contributed by atoms with Gasteiger partial charge in [-0.1, -0.05) is 97.1 Å². The Morgan fingerprint density at radius 3 is 1.77 bits per heavy atom. The molecule has 3 aromatic carbocycles. The summed E-state index contributed by atoms with van der Waals surface area (Å²) in [7, 11) is 0. The molecule has 1 unspecified atom stereocenters. The summed E-state index contributed by atoms with van der Waals surface area (Å²) in [6.07, 6.45) is 3.74. The van der Waals surface area contributed by atoms with Crippen LogP contribution < -0.4 is 0 Å². The molecule has 0 aliphatic carbocycles. The molecule has 0 aromatic heterocycles. The predicted octanol–water partition coefficient (Wildman–Crippen LogP) is 5.48. The molecule has 3 rings (SSSR count). The number of benzene rings is 3. The Morgan fingerprint density at radius 1 is 0.692 bits per heavy atom. The van der Waals surface area contributed by atoms with Crippen LogP contribution in [0.2, 0.25) is 0 Å². The van der Waals surface area contributed by atoms with Crippen molar-refractivity contribution in [3.63, 3.8) is 0 Å². The number of Topliss-reactive ketones (excluding diaryl/α,β-unsaturated/α-hetero) is 1. The summed E-state index contributed by atoms with van der Waals surface area (Å²) >= 11 is 0. The third-order valence-electron chi connectivity index (χ3n) is 4.27. The molecule has 0 aliphatic heterocycles. The van der Waals surface area contributed by atoms with Crippen LogP contribution in [-0.2, 0) is 0 Å². The monoisotopic (exact) mass is 340 g/mol. The summed E-state index contributed by atoms with van der Waals surface area (Å²) in [6, 6.07) is 28.2. The molecule has 26 heavy (non-hydrogen) atoms. The van der Waals surface area contributed by atoms with E-state index in [1.165, 1.54) is 0 Å². The van der Waals surface area contributed by atoms with E-state index in [9.17, 15) is 9.59 Å². The van der Waals surface area contributed by atoms with E-state index in [4.69, 9.17) is 0 Å². The van der Waals surface area contributed by atoms with E-state index in [0.29, 0.717) is 17.5 Å². The molecule has 0 fully saturated rings. The fourth-order valence-electron chi connectivity index (χ4n) is 2.84. The van der Waals surface area contributed by atoms with Gasteiger partial charge in [0.05, 0.1) is 0 Å². The van der Waals surface area contributed by atoms with E-state index < -0.39 is 0 Å². The van der Waals surface area contributed by atoms with E-state index in [2.05, 4.69) is 0 Å². The molecule has 0 spiro atoms. The Hall–Kier alpha value is -3.26. The largest absolute Gasteiger partial charge is 0.294 e. The molecular formula is C24H20O2. The maximum Gasteiger partial charge on any atom is 0.185 e. The van der Waals surface area contributed by atoms with Crippen molar-refractivity contribution in [1.82, 2.24) is 0 Å². The lowest BCUT2D eigenvalue weighted by molar-refractivity contribution is 0.0976. The van der Waals surface area contributed by atoms with Gasteiger partial charge >= 0.3 is 0 Å². The van der Waals surface area contributed by atoms with Gasteiger partial charge in [-0.25, -0.2) is 0 Å². The first-order chi connectivity index (χ1) is 12.7. The Bertz CT molecular complexity index is 881. The summed E-state index contributed by atoms with van der Waals surface area (Å²) in [5.74, 6) is -0.133. The zero-order chi connectivity index (χ0) is 18.2. The van der Waals surface area contributed by atoms with E-state index in [1.807, 2.05) is 84.9 Å². The standard InChI is InChI=1S/C24H20O2/c25-23(20-12-6-2-7-13-20)17-16-22(19-10-4-1-5-11-19)18-24(26)21-14-8-3-9-15-21/h1-17,22H,18H2/b17-16+. The zero-order valence-electron chi connectivity index (χ0n) is 14.4. The molecule has 0 saturated heterocycles. The van der Waals surface area contributed by atoms with Crippen LogP contribution in [0.25, 0.3) is 0 Å². The first-order valence-corrected chi connectivity index (χ1v) is 8.65. The van der Waals surface area contributed by atoms with Gasteiger partial charge in [0.25, 0.3) is 0 Å². The molecule has 0 bridgehead atoms. The molecule has 0 amide bonds. The van der Waals surface area contributed by atoms with Gasteiger partial charge in [-0.15, -0.1) is 0 Å². The minimum absolute atomic E-state index is 0.0568. The highest BCUT2D eigenvalue weighted by atomic mass is 16.1. The highest BCUT2D eigenvalue weighted by molar-refractivity contribution is 6.04. The lowest BCUT2D eigenvalue weighted by Gasteiger charge is -2.13. The number of hydrogen-bond donors (Lipinski definition) is 0. The summed E-state index contributed by atoms with van der Waals surface area (Å²) < 4.78 is 0. The molecule has 0 heterocycles. The molecule has 2 heteroatoms. The smallest absolute Gasteiger partial charge is 0.185 e. The molecule has 0 saturated carbocycles. The second kappa shape index (κ2) is 8.72. The van der Waals surface area contributed by atoms with Crippen molar-refractivity contribution < 1.29 is 9.59 Å². The van der Waals surface area contributed by atoms with Crippen LogP contribution in [0.3, 0.4) is 0 Å². The fraction of sp³-hybridized carbons (Fsp3) is 0.0833. The van der Waals surface area contributed by atoms with Crippen molar-refractivity contribution in [2.75, 3.05) is 0 Å². The second-order valence-electron chi connectivity index (χ2n) is 6.10. The van der Waals surface area contributed by atoms with Crippen LogP contribution in [0, 0.1) is 0 Å². The second-order valence-corrected chi connectivity index (χ2v) is 6.10. The maximum absolute atomic E-state index is 12.6. The van der Waals surface area contributed by atoms with Crippen LogP contribution in [0.4, 0.5) is 0 Å². The van der Waals surface area contributed by atoms with Gasteiger partial charge in [0.1, 0.15) is 0 Å². The third-order valence-corrected chi connectivity index (χ3v) is 4.27. The summed E-state index contributed by atoms with van der Waals surface area (Å²) in [6.45, 7) is 0. The van der Waals surface area contributed by atoms with Gasteiger partial charge in [0.15, 0.2) is 11.6 Å². The number of allylic oxidation sites excluding steroid dienone is 2. The number of hydrogen-bond acceptors (Lipinski definition) is 2. The molecule has 3 aromatic rings. The fourth-order valence-corrected chi connectivity index (χ4v) is 2.84. The van der Waals surface area contributed by atoms with Gasteiger partial charge in [-0.2, -0.15) is 0 Å². The SMILES string of the molecule is O=C(/C=C/C(CC(=O)c1ccccc1)c1ccccc1)c1ccccc1. The highest BCUT2D eigenvalue weighted by Gasteiger charge is 2.15. The average molecular weight is 340 g/mol. The Kier molecular flexibility index (Phi) is 5.89. The van der Waals surface area contributed by atoms with Crippen LogP contribution in [0.5, 0.6) is 0 Å². The minimum Gasteiger partial charge on any atom is -0.294 e. The molecule has 0 aliphatic rings. The van der Waals surface area contributed by atoms with Gasteiger partial charge in [-0.3, -0.25) is 9.59 Å². The molecule has 0 N–H and O–H groups in total. The van der Waals surface area contributed by atoms with Gasteiger partial charge in [0, 0.05) is 23.5 Å². The first kappa shape index (κ1) is 17.6. The molecular weight excluding hydrogens is 320 g/mol. The molecule has 0 radical (unpaired) electrons. The van der Waals surface area contributed by atoms with Crippen molar-refractivity contribution in [3.05, 3.63) is 120 Å². The van der Waals surface area contributed by atoms with Crippen LogP contribution in [0.15, 0.2) is 103 Å².